The van der Waals surface area contributed by atoms with E-state index in [9.17, 15) is 9.59 Å². The molecular weight excluding hydrogens is 366 g/mol. The molecule has 6 heteroatoms. The van der Waals surface area contributed by atoms with Gasteiger partial charge in [-0.1, -0.05) is 42.5 Å². The van der Waals surface area contributed by atoms with Crippen molar-refractivity contribution in [2.75, 3.05) is 13.2 Å². The Morgan fingerprint density at radius 1 is 1.03 bits per heavy atom. The summed E-state index contributed by atoms with van der Waals surface area (Å²) in [5.41, 5.74) is 4.16. The maximum atomic E-state index is 12.1. The number of carbonyl (C=O) groups is 1. The second kappa shape index (κ2) is 8.73. The first kappa shape index (κ1) is 18.9. The number of benzene rings is 2. The fourth-order valence-corrected chi connectivity index (χ4v) is 3.47. The molecule has 0 saturated carbocycles. The minimum atomic E-state index is -0.230. The smallest absolute Gasteiger partial charge is 0.267 e. The summed E-state index contributed by atoms with van der Waals surface area (Å²) in [5.74, 6) is 0.405. The van der Waals surface area contributed by atoms with Crippen molar-refractivity contribution < 1.29 is 9.53 Å². The van der Waals surface area contributed by atoms with E-state index in [1.54, 1.807) is 6.07 Å². The van der Waals surface area contributed by atoms with E-state index in [1.807, 2.05) is 54.6 Å². The first-order valence-electron chi connectivity index (χ1n) is 9.84. The van der Waals surface area contributed by atoms with Gasteiger partial charge in [-0.3, -0.25) is 9.59 Å². The molecule has 0 fully saturated rings. The van der Waals surface area contributed by atoms with Crippen molar-refractivity contribution in [2.24, 2.45) is 0 Å². The lowest BCUT2D eigenvalue weighted by Gasteiger charge is -2.10. The standard InChI is InChI=1S/C23H23N3O3/c27-22(24-13-14-26-23(28)15-19-7-4-8-21(19)25-26)16-29-20-11-9-18(10-12-20)17-5-2-1-3-6-17/h1-3,5-6,9-12,15H,4,7-8,13-14,16H2,(H,24,27). The third kappa shape index (κ3) is 4.71. The number of rotatable bonds is 7. The van der Waals surface area contributed by atoms with Crippen LogP contribution in [0.1, 0.15) is 17.7 Å². The molecular formula is C23H23N3O3. The molecule has 0 aliphatic heterocycles. The Morgan fingerprint density at radius 3 is 2.59 bits per heavy atom. The van der Waals surface area contributed by atoms with Crippen LogP contribution in [0.2, 0.25) is 0 Å². The summed E-state index contributed by atoms with van der Waals surface area (Å²) in [6.07, 6.45) is 2.89. The Balaban J connectivity index is 1.24. The van der Waals surface area contributed by atoms with Crippen molar-refractivity contribution in [1.29, 1.82) is 0 Å². The minimum Gasteiger partial charge on any atom is -0.484 e. The van der Waals surface area contributed by atoms with Gasteiger partial charge in [0.1, 0.15) is 5.75 Å². The summed E-state index contributed by atoms with van der Waals surface area (Å²) >= 11 is 0. The van der Waals surface area contributed by atoms with Crippen LogP contribution in [-0.2, 0) is 24.2 Å². The molecule has 1 N–H and O–H groups in total. The first-order valence-corrected chi connectivity index (χ1v) is 9.84. The third-order valence-electron chi connectivity index (χ3n) is 5.00. The summed E-state index contributed by atoms with van der Waals surface area (Å²) < 4.78 is 6.97. The second-order valence-corrected chi connectivity index (χ2v) is 7.06. The van der Waals surface area contributed by atoms with Crippen molar-refractivity contribution in [3.63, 3.8) is 0 Å². The lowest BCUT2D eigenvalue weighted by molar-refractivity contribution is -0.123. The number of amides is 1. The van der Waals surface area contributed by atoms with Crippen LogP contribution in [0, 0.1) is 0 Å². The van der Waals surface area contributed by atoms with E-state index < -0.39 is 0 Å². The van der Waals surface area contributed by atoms with Gasteiger partial charge in [-0.2, -0.15) is 5.10 Å². The number of fused-ring (bicyclic) bond motifs is 1. The summed E-state index contributed by atoms with van der Waals surface area (Å²) in [4.78, 5) is 24.1. The van der Waals surface area contributed by atoms with Gasteiger partial charge >= 0.3 is 0 Å². The Morgan fingerprint density at radius 2 is 1.79 bits per heavy atom. The van der Waals surface area contributed by atoms with Gasteiger partial charge < -0.3 is 10.1 Å². The van der Waals surface area contributed by atoms with Crippen LogP contribution < -0.4 is 15.6 Å². The number of ether oxygens (including phenoxy) is 1. The summed E-state index contributed by atoms with van der Waals surface area (Å²) in [5, 5.41) is 7.17. The molecule has 1 aliphatic rings. The van der Waals surface area contributed by atoms with E-state index in [4.69, 9.17) is 4.74 Å². The molecule has 0 radical (unpaired) electrons. The molecule has 1 amide bonds. The number of carbonyl (C=O) groups excluding carboxylic acids is 1. The molecule has 0 bridgehead atoms. The van der Waals surface area contributed by atoms with E-state index in [1.165, 1.54) is 4.68 Å². The van der Waals surface area contributed by atoms with E-state index in [0.29, 0.717) is 18.8 Å². The summed E-state index contributed by atoms with van der Waals surface area (Å²) in [6.45, 7) is 0.613. The molecule has 1 aromatic heterocycles. The highest BCUT2D eigenvalue weighted by atomic mass is 16.5. The number of hydrogen-bond donors (Lipinski definition) is 1. The molecule has 0 atom stereocenters. The van der Waals surface area contributed by atoms with Crippen molar-refractivity contribution in [1.82, 2.24) is 15.1 Å². The van der Waals surface area contributed by atoms with Gasteiger partial charge in [0.15, 0.2) is 6.61 Å². The van der Waals surface area contributed by atoms with Gasteiger partial charge in [-0.05, 0) is 48.1 Å². The molecule has 0 spiro atoms. The topological polar surface area (TPSA) is 73.2 Å². The number of aryl methyl sites for hydroxylation is 2. The average molecular weight is 389 g/mol. The molecule has 4 rings (SSSR count). The van der Waals surface area contributed by atoms with E-state index in [2.05, 4.69) is 10.4 Å². The van der Waals surface area contributed by atoms with Crippen LogP contribution in [-0.4, -0.2) is 28.8 Å². The van der Waals surface area contributed by atoms with Crippen LogP contribution in [0.3, 0.4) is 0 Å². The normalized spacial score (nSPS) is 12.4. The Labute approximate surface area is 169 Å². The van der Waals surface area contributed by atoms with Crippen LogP contribution in [0.4, 0.5) is 0 Å². The maximum Gasteiger partial charge on any atom is 0.267 e. The van der Waals surface area contributed by atoms with Crippen LogP contribution >= 0.6 is 0 Å². The minimum absolute atomic E-state index is 0.0722. The van der Waals surface area contributed by atoms with E-state index >= 15 is 0 Å². The van der Waals surface area contributed by atoms with Gasteiger partial charge in [-0.25, -0.2) is 4.68 Å². The fourth-order valence-electron chi connectivity index (χ4n) is 3.47. The fraction of sp³-hybridized carbons (Fsp3) is 0.261. The number of aromatic nitrogens is 2. The molecule has 3 aromatic rings. The second-order valence-electron chi connectivity index (χ2n) is 7.06. The zero-order valence-electron chi connectivity index (χ0n) is 16.1. The summed E-state index contributed by atoms with van der Waals surface area (Å²) in [7, 11) is 0. The van der Waals surface area contributed by atoms with Gasteiger partial charge in [-0.15, -0.1) is 0 Å². The zero-order chi connectivity index (χ0) is 20.1. The molecule has 1 aliphatic carbocycles. The maximum absolute atomic E-state index is 12.1. The monoisotopic (exact) mass is 389 g/mol. The predicted molar refractivity (Wildman–Crippen MR) is 111 cm³/mol. The quantitative estimate of drug-likeness (QED) is 0.674. The Kier molecular flexibility index (Phi) is 5.70. The molecule has 148 valence electrons. The number of hydrogen-bond acceptors (Lipinski definition) is 4. The molecule has 0 unspecified atom stereocenters. The van der Waals surface area contributed by atoms with Crippen LogP contribution in [0.5, 0.6) is 5.75 Å². The van der Waals surface area contributed by atoms with Crippen molar-refractivity contribution in [2.45, 2.75) is 25.8 Å². The highest BCUT2D eigenvalue weighted by Gasteiger charge is 2.14. The Bertz CT molecular complexity index is 1040. The van der Waals surface area contributed by atoms with Crippen LogP contribution in [0.25, 0.3) is 11.1 Å². The van der Waals surface area contributed by atoms with Gasteiger partial charge in [0.2, 0.25) is 0 Å². The van der Waals surface area contributed by atoms with Crippen LogP contribution in [0.15, 0.2) is 65.5 Å². The molecule has 6 nitrogen and oxygen atoms in total. The predicted octanol–water partition coefficient (Wildman–Crippen LogP) is 2.59. The largest absolute Gasteiger partial charge is 0.484 e. The SMILES string of the molecule is O=C(COc1ccc(-c2ccccc2)cc1)NCCn1nc2c(cc1=O)CCC2. The van der Waals surface area contributed by atoms with Crippen molar-refractivity contribution in [3.05, 3.63) is 82.3 Å². The highest BCUT2D eigenvalue weighted by molar-refractivity contribution is 5.77. The third-order valence-corrected chi connectivity index (χ3v) is 5.00. The highest BCUT2D eigenvalue weighted by Crippen LogP contribution is 2.22. The van der Waals surface area contributed by atoms with E-state index in [0.717, 1.165) is 41.6 Å². The number of nitrogens with zero attached hydrogens (tertiary/aromatic N) is 2. The molecule has 1 heterocycles. The van der Waals surface area contributed by atoms with Gasteiger partial charge in [0.25, 0.3) is 11.5 Å². The van der Waals surface area contributed by atoms with Crippen molar-refractivity contribution >= 4 is 5.91 Å². The molecule has 29 heavy (non-hydrogen) atoms. The van der Waals surface area contributed by atoms with E-state index in [-0.39, 0.29) is 18.1 Å². The zero-order valence-corrected chi connectivity index (χ0v) is 16.1. The lowest BCUT2D eigenvalue weighted by atomic mass is 10.1. The Hall–Kier alpha value is -3.41. The lowest BCUT2D eigenvalue weighted by Crippen LogP contribution is -2.34. The number of nitrogens with one attached hydrogen (secondary N) is 1. The van der Waals surface area contributed by atoms with Gasteiger partial charge in [0.05, 0.1) is 12.2 Å². The van der Waals surface area contributed by atoms with Gasteiger partial charge in [0, 0.05) is 12.6 Å². The summed E-state index contributed by atoms with van der Waals surface area (Å²) in [6, 6.07) is 19.4. The van der Waals surface area contributed by atoms with Crippen molar-refractivity contribution in [3.8, 4) is 16.9 Å². The molecule has 0 saturated heterocycles. The first-order chi connectivity index (χ1) is 14.2. The average Bonchev–Trinajstić information content (AvgIpc) is 3.20. The molecule has 2 aromatic carbocycles.